The van der Waals surface area contributed by atoms with Crippen molar-refractivity contribution in [1.29, 1.82) is 0 Å². The first kappa shape index (κ1) is 17.4. The Bertz CT molecular complexity index is 506. The van der Waals surface area contributed by atoms with E-state index in [-0.39, 0.29) is 5.15 Å². The van der Waals surface area contributed by atoms with Gasteiger partial charge in [-0.2, -0.15) is 0 Å². The average molecular weight is 313 g/mol. The monoisotopic (exact) mass is 312 g/mol. The summed E-state index contributed by atoms with van der Waals surface area (Å²) in [4.78, 5) is 27.5. The Balaban J connectivity index is 2.84. The standard InChI is InChI=1S/C15H21ClN2O3/c1-3-5-7-12(15(20)21)18-14(19)10-8-11(6-4-2)17-13(16)9-10/h8-9,12H,3-7H2,1-2H3,(H,18,19)(H,20,21)/t12-/m0/s1. The fourth-order valence-corrected chi connectivity index (χ4v) is 2.20. The molecule has 0 saturated heterocycles. The SMILES string of the molecule is CCCC[C@H](NC(=O)c1cc(Cl)nc(CCC)c1)C(=O)O. The highest BCUT2D eigenvalue weighted by Crippen LogP contribution is 2.13. The molecule has 1 heterocycles. The van der Waals surface area contributed by atoms with Gasteiger partial charge < -0.3 is 10.4 Å². The molecular formula is C15H21ClN2O3. The van der Waals surface area contributed by atoms with Crippen LogP contribution in [-0.2, 0) is 11.2 Å². The van der Waals surface area contributed by atoms with Crippen molar-refractivity contribution in [2.75, 3.05) is 0 Å². The highest BCUT2D eigenvalue weighted by Gasteiger charge is 2.20. The second kappa shape index (κ2) is 8.62. The normalized spacial score (nSPS) is 12.0. The van der Waals surface area contributed by atoms with Gasteiger partial charge in [-0.05, 0) is 25.0 Å². The lowest BCUT2D eigenvalue weighted by atomic mass is 10.1. The lowest BCUT2D eigenvalue weighted by molar-refractivity contribution is -0.139. The summed E-state index contributed by atoms with van der Waals surface area (Å²) in [6, 6.07) is 2.23. The number of amides is 1. The zero-order valence-corrected chi connectivity index (χ0v) is 13.1. The molecule has 0 spiro atoms. The number of aromatic nitrogens is 1. The Morgan fingerprint density at radius 1 is 1.33 bits per heavy atom. The zero-order chi connectivity index (χ0) is 15.8. The predicted octanol–water partition coefficient (Wildman–Crippen LogP) is 3.06. The van der Waals surface area contributed by atoms with Gasteiger partial charge in [0.25, 0.3) is 5.91 Å². The Labute approximate surface area is 129 Å². The lowest BCUT2D eigenvalue weighted by Gasteiger charge is -2.14. The maximum Gasteiger partial charge on any atom is 0.326 e. The topological polar surface area (TPSA) is 79.3 Å². The van der Waals surface area contributed by atoms with Crippen molar-refractivity contribution >= 4 is 23.5 Å². The van der Waals surface area contributed by atoms with Crippen molar-refractivity contribution in [2.24, 2.45) is 0 Å². The molecule has 0 aliphatic heterocycles. The number of hydrogen-bond acceptors (Lipinski definition) is 3. The molecule has 1 aromatic heterocycles. The van der Waals surface area contributed by atoms with Gasteiger partial charge in [0.2, 0.25) is 0 Å². The number of carbonyl (C=O) groups is 2. The van der Waals surface area contributed by atoms with E-state index in [2.05, 4.69) is 10.3 Å². The van der Waals surface area contributed by atoms with E-state index in [0.717, 1.165) is 31.4 Å². The first-order valence-electron chi connectivity index (χ1n) is 7.18. The van der Waals surface area contributed by atoms with Crippen LogP contribution in [-0.4, -0.2) is 28.0 Å². The molecule has 1 amide bonds. The second-order valence-electron chi connectivity index (χ2n) is 4.93. The molecule has 1 rings (SSSR count). The molecule has 1 aromatic rings. The van der Waals surface area contributed by atoms with Gasteiger partial charge in [-0.3, -0.25) is 4.79 Å². The van der Waals surface area contributed by atoms with Crippen LogP contribution in [0.25, 0.3) is 0 Å². The molecule has 116 valence electrons. The minimum atomic E-state index is -1.02. The van der Waals surface area contributed by atoms with Gasteiger partial charge in [0.05, 0.1) is 0 Å². The second-order valence-corrected chi connectivity index (χ2v) is 5.31. The Hall–Kier alpha value is -1.62. The van der Waals surface area contributed by atoms with E-state index in [1.807, 2.05) is 13.8 Å². The van der Waals surface area contributed by atoms with Gasteiger partial charge in [-0.25, -0.2) is 9.78 Å². The fourth-order valence-electron chi connectivity index (χ4n) is 1.97. The minimum Gasteiger partial charge on any atom is -0.480 e. The van der Waals surface area contributed by atoms with Crippen LogP contribution < -0.4 is 5.32 Å². The first-order chi connectivity index (χ1) is 9.97. The predicted molar refractivity (Wildman–Crippen MR) is 81.7 cm³/mol. The van der Waals surface area contributed by atoms with Gasteiger partial charge in [0.1, 0.15) is 11.2 Å². The van der Waals surface area contributed by atoms with Crippen LogP contribution in [0.15, 0.2) is 12.1 Å². The Kier molecular flexibility index (Phi) is 7.15. The van der Waals surface area contributed by atoms with Crippen LogP contribution in [0.4, 0.5) is 0 Å². The third-order valence-corrected chi connectivity index (χ3v) is 3.26. The van der Waals surface area contributed by atoms with Gasteiger partial charge in [-0.1, -0.05) is 44.7 Å². The van der Waals surface area contributed by atoms with E-state index in [9.17, 15) is 9.59 Å². The Morgan fingerprint density at radius 3 is 2.62 bits per heavy atom. The van der Waals surface area contributed by atoms with Crippen molar-refractivity contribution in [3.8, 4) is 0 Å². The van der Waals surface area contributed by atoms with Crippen molar-refractivity contribution in [3.63, 3.8) is 0 Å². The molecule has 0 aromatic carbocycles. The average Bonchev–Trinajstić information content (AvgIpc) is 2.42. The molecule has 0 fully saturated rings. The number of nitrogens with zero attached hydrogens (tertiary/aromatic N) is 1. The molecule has 0 unspecified atom stereocenters. The van der Waals surface area contributed by atoms with E-state index >= 15 is 0 Å². The van der Waals surface area contributed by atoms with Gasteiger partial charge >= 0.3 is 5.97 Å². The van der Waals surface area contributed by atoms with E-state index < -0.39 is 17.9 Å². The third-order valence-electron chi connectivity index (χ3n) is 3.07. The van der Waals surface area contributed by atoms with E-state index in [0.29, 0.717) is 12.0 Å². The molecule has 0 radical (unpaired) electrons. The number of carbonyl (C=O) groups excluding carboxylic acids is 1. The molecule has 1 atom stereocenters. The lowest BCUT2D eigenvalue weighted by Crippen LogP contribution is -2.40. The van der Waals surface area contributed by atoms with E-state index in [4.69, 9.17) is 16.7 Å². The molecule has 0 aliphatic carbocycles. The van der Waals surface area contributed by atoms with Crippen LogP contribution in [0.2, 0.25) is 5.15 Å². The number of pyridine rings is 1. The number of aryl methyl sites for hydroxylation is 1. The smallest absolute Gasteiger partial charge is 0.326 e. The number of rotatable bonds is 8. The molecule has 2 N–H and O–H groups in total. The largest absolute Gasteiger partial charge is 0.480 e. The van der Waals surface area contributed by atoms with Gasteiger partial charge in [0.15, 0.2) is 0 Å². The van der Waals surface area contributed by atoms with Crippen LogP contribution >= 0.6 is 11.6 Å². The maximum absolute atomic E-state index is 12.2. The zero-order valence-electron chi connectivity index (χ0n) is 12.4. The molecule has 0 saturated carbocycles. The highest BCUT2D eigenvalue weighted by atomic mass is 35.5. The number of aliphatic carboxylic acids is 1. The van der Waals surface area contributed by atoms with Crippen LogP contribution in [0.5, 0.6) is 0 Å². The number of carboxylic acids is 1. The minimum absolute atomic E-state index is 0.242. The third kappa shape index (κ3) is 5.71. The number of hydrogen-bond donors (Lipinski definition) is 2. The van der Waals surface area contributed by atoms with Crippen molar-refractivity contribution in [2.45, 2.75) is 52.0 Å². The molecule has 6 heteroatoms. The van der Waals surface area contributed by atoms with Crippen LogP contribution in [0.3, 0.4) is 0 Å². The van der Waals surface area contributed by atoms with Crippen LogP contribution in [0, 0.1) is 0 Å². The molecule has 0 bridgehead atoms. The molecular weight excluding hydrogens is 292 g/mol. The molecule has 5 nitrogen and oxygen atoms in total. The van der Waals surface area contributed by atoms with Gasteiger partial charge in [-0.15, -0.1) is 0 Å². The summed E-state index contributed by atoms with van der Waals surface area (Å²) in [6.45, 7) is 3.98. The van der Waals surface area contributed by atoms with Crippen molar-refractivity contribution < 1.29 is 14.7 Å². The number of nitrogens with one attached hydrogen (secondary N) is 1. The summed E-state index contributed by atoms with van der Waals surface area (Å²) in [5.74, 6) is -1.45. The summed E-state index contributed by atoms with van der Waals surface area (Å²) in [5, 5.41) is 11.9. The number of halogens is 1. The Morgan fingerprint density at radius 2 is 2.05 bits per heavy atom. The summed E-state index contributed by atoms with van der Waals surface area (Å²) >= 11 is 5.91. The fraction of sp³-hybridized carbons (Fsp3) is 0.533. The van der Waals surface area contributed by atoms with Crippen molar-refractivity contribution in [1.82, 2.24) is 10.3 Å². The quantitative estimate of drug-likeness (QED) is 0.723. The number of carboxylic acid groups (broad SMARTS) is 1. The van der Waals surface area contributed by atoms with Crippen LogP contribution in [0.1, 0.15) is 55.6 Å². The molecule has 21 heavy (non-hydrogen) atoms. The van der Waals surface area contributed by atoms with E-state index in [1.54, 1.807) is 6.07 Å². The summed E-state index contributed by atoms with van der Waals surface area (Å²) < 4.78 is 0. The summed E-state index contributed by atoms with van der Waals surface area (Å²) in [5.41, 5.74) is 1.08. The van der Waals surface area contributed by atoms with Gasteiger partial charge in [0, 0.05) is 11.3 Å². The summed E-state index contributed by atoms with van der Waals surface area (Å²) in [6.07, 6.45) is 3.65. The first-order valence-corrected chi connectivity index (χ1v) is 7.55. The van der Waals surface area contributed by atoms with Crippen molar-refractivity contribution in [3.05, 3.63) is 28.5 Å². The molecule has 0 aliphatic rings. The van der Waals surface area contributed by atoms with E-state index in [1.165, 1.54) is 6.07 Å². The summed E-state index contributed by atoms with van der Waals surface area (Å²) in [7, 11) is 0. The number of unbranched alkanes of at least 4 members (excludes halogenated alkanes) is 1. The maximum atomic E-state index is 12.2. The highest BCUT2D eigenvalue weighted by molar-refractivity contribution is 6.29.